The van der Waals surface area contributed by atoms with Crippen molar-refractivity contribution < 1.29 is 9.90 Å². The summed E-state index contributed by atoms with van der Waals surface area (Å²) in [6.07, 6.45) is 1.50. The van der Waals surface area contributed by atoms with Crippen LogP contribution in [0.2, 0.25) is 10.0 Å². The van der Waals surface area contributed by atoms with Crippen LogP contribution in [0.15, 0.2) is 18.2 Å². The van der Waals surface area contributed by atoms with Crippen molar-refractivity contribution in [1.29, 1.82) is 0 Å². The van der Waals surface area contributed by atoms with Gasteiger partial charge in [0.25, 0.3) is 0 Å². The summed E-state index contributed by atoms with van der Waals surface area (Å²) in [6.45, 7) is -0.120. The summed E-state index contributed by atoms with van der Waals surface area (Å²) in [7, 11) is 0. The van der Waals surface area contributed by atoms with E-state index in [9.17, 15) is 4.79 Å². The first kappa shape index (κ1) is 10.9. The Morgan fingerprint density at radius 2 is 2.00 bits per heavy atom. The molecule has 2 atom stereocenters. The number of hydrogen-bond acceptors (Lipinski definition) is 2. The number of rotatable bonds is 3. The first-order chi connectivity index (χ1) is 7.11. The van der Waals surface area contributed by atoms with Crippen LogP contribution in [0.1, 0.15) is 17.9 Å². The molecule has 0 spiro atoms. The van der Waals surface area contributed by atoms with Gasteiger partial charge in [0.2, 0.25) is 0 Å². The standard InChI is InChI=1S/C11H10Cl2O2/c12-8-1-7(2-9(13)3-8)10-4-11(10,5-14)6-15/h1-3,5,10,15H,4,6H2. The quantitative estimate of drug-likeness (QED) is 0.831. The molecule has 0 amide bonds. The Morgan fingerprint density at radius 3 is 2.40 bits per heavy atom. The highest BCUT2D eigenvalue weighted by molar-refractivity contribution is 6.34. The highest BCUT2D eigenvalue weighted by Crippen LogP contribution is 2.57. The fourth-order valence-electron chi connectivity index (χ4n) is 1.89. The van der Waals surface area contributed by atoms with Crippen LogP contribution in [0.5, 0.6) is 0 Å². The van der Waals surface area contributed by atoms with Gasteiger partial charge >= 0.3 is 0 Å². The zero-order chi connectivity index (χ0) is 11.1. The van der Waals surface area contributed by atoms with Crippen LogP contribution in [-0.2, 0) is 4.79 Å². The minimum Gasteiger partial charge on any atom is -0.395 e. The van der Waals surface area contributed by atoms with Crippen molar-refractivity contribution in [3.05, 3.63) is 33.8 Å². The number of halogens is 2. The molecule has 2 rings (SSSR count). The Balaban J connectivity index is 2.29. The van der Waals surface area contributed by atoms with Gasteiger partial charge in [0.15, 0.2) is 0 Å². The molecular formula is C11H10Cl2O2. The molecule has 2 nitrogen and oxygen atoms in total. The maximum absolute atomic E-state index is 10.8. The van der Waals surface area contributed by atoms with Crippen LogP contribution in [0.4, 0.5) is 0 Å². The van der Waals surface area contributed by atoms with Crippen molar-refractivity contribution in [2.45, 2.75) is 12.3 Å². The molecule has 1 N–H and O–H groups in total. The van der Waals surface area contributed by atoms with E-state index in [0.29, 0.717) is 16.5 Å². The zero-order valence-corrected chi connectivity index (χ0v) is 9.42. The molecule has 0 radical (unpaired) electrons. The first-order valence-corrected chi connectivity index (χ1v) is 5.40. The summed E-state index contributed by atoms with van der Waals surface area (Å²) in [5.41, 5.74) is 0.322. The second kappa shape index (κ2) is 3.78. The molecule has 1 saturated carbocycles. The van der Waals surface area contributed by atoms with Gasteiger partial charge in [0, 0.05) is 10.0 Å². The second-order valence-electron chi connectivity index (χ2n) is 3.97. The van der Waals surface area contributed by atoms with E-state index in [0.717, 1.165) is 11.8 Å². The van der Waals surface area contributed by atoms with Crippen LogP contribution >= 0.6 is 23.2 Å². The van der Waals surface area contributed by atoms with Gasteiger partial charge in [0.05, 0.1) is 12.0 Å². The minimum absolute atomic E-state index is 0.0520. The monoisotopic (exact) mass is 244 g/mol. The maximum Gasteiger partial charge on any atom is 0.129 e. The lowest BCUT2D eigenvalue weighted by atomic mass is 10.0. The second-order valence-corrected chi connectivity index (χ2v) is 4.84. The van der Waals surface area contributed by atoms with E-state index in [4.69, 9.17) is 28.3 Å². The van der Waals surface area contributed by atoms with E-state index >= 15 is 0 Å². The SMILES string of the molecule is O=CC1(CO)CC1c1cc(Cl)cc(Cl)c1. The van der Waals surface area contributed by atoms with Gasteiger partial charge < -0.3 is 9.90 Å². The molecule has 1 aromatic carbocycles. The molecule has 80 valence electrons. The molecule has 1 fully saturated rings. The molecule has 0 bridgehead atoms. The average molecular weight is 245 g/mol. The average Bonchev–Trinajstić information content (AvgIpc) is 2.91. The largest absolute Gasteiger partial charge is 0.395 e. The summed E-state index contributed by atoms with van der Waals surface area (Å²) >= 11 is 11.7. The summed E-state index contributed by atoms with van der Waals surface area (Å²) in [5.74, 6) is 0.0520. The fraction of sp³-hybridized carbons (Fsp3) is 0.364. The highest BCUT2D eigenvalue weighted by Gasteiger charge is 2.54. The fourth-order valence-corrected chi connectivity index (χ4v) is 2.43. The van der Waals surface area contributed by atoms with Crippen molar-refractivity contribution in [2.75, 3.05) is 6.61 Å². The first-order valence-electron chi connectivity index (χ1n) is 4.64. The van der Waals surface area contributed by atoms with Gasteiger partial charge in [-0.3, -0.25) is 0 Å². The molecule has 2 unspecified atom stereocenters. The van der Waals surface area contributed by atoms with E-state index in [1.165, 1.54) is 0 Å². The Kier molecular flexibility index (Phi) is 2.75. The van der Waals surface area contributed by atoms with Gasteiger partial charge in [-0.15, -0.1) is 0 Å². The number of aldehydes is 1. The number of benzene rings is 1. The molecule has 4 heteroatoms. The normalized spacial score (nSPS) is 28.9. The van der Waals surface area contributed by atoms with Crippen LogP contribution in [0, 0.1) is 5.41 Å². The molecule has 0 saturated heterocycles. The highest BCUT2D eigenvalue weighted by atomic mass is 35.5. The number of carbonyl (C=O) groups excluding carboxylic acids is 1. The van der Waals surface area contributed by atoms with E-state index in [1.807, 2.05) is 0 Å². The van der Waals surface area contributed by atoms with Gasteiger partial charge in [-0.1, -0.05) is 23.2 Å². The van der Waals surface area contributed by atoms with Crippen LogP contribution in [-0.4, -0.2) is 18.0 Å². The molecule has 15 heavy (non-hydrogen) atoms. The van der Waals surface area contributed by atoms with Crippen molar-refractivity contribution in [3.8, 4) is 0 Å². The minimum atomic E-state index is -0.603. The van der Waals surface area contributed by atoms with Gasteiger partial charge in [-0.2, -0.15) is 0 Å². The third-order valence-corrected chi connectivity index (χ3v) is 3.37. The topological polar surface area (TPSA) is 37.3 Å². The summed E-state index contributed by atoms with van der Waals surface area (Å²) in [5, 5.41) is 10.2. The Labute approximate surface area is 97.8 Å². The Bertz CT molecular complexity index is 385. The molecule has 0 aliphatic heterocycles. The van der Waals surface area contributed by atoms with E-state index in [1.54, 1.807) is 18.2 Å². The van der Waals surface area contributed by atoms with Crippen molar-refractivity contribution in [2.24, 2.45) is 5.41 Å². The van der Waals surface area contributed by atoms with Crippen molar-refractivity contribution >= 4 is 29.5 Å². The van der Waals surface area contributed by atoms with Crippen molar-refractivity contribution in [3.63, 3.8) is 0 Å². The molecule has 1 aliphatic rings. The van der Waals surface area contributed by atoms with Gasteiger partial charge in [0.1, 0.15) is 6.29 Å². The number of hydrogen-bond donors (Lipinski definition) is 1. The summed E-state index contributed by atoms with van der Waals surface area (Å²) in [6, 6.07) is 5.23. The van der Waals surface area contributed by atoms with E-state index < -0.39 is 5.41 Å². The smallest absolute Gasteiger partial charge is 0.129 e. The number of aliphatic hydroxyl groups excluding tert-OH is 1. The lowest BCUT2D eigenvalue weighted by Gasteiger charge is -2.06. The Morgan fingerprint density at radius 1 is 1.40 bits per heavy atom. The predicted octanol–water partition coefficient (Wildman–Crippen LogP) is 2.66. The van der Waals surface area contributed by atoms with Gasteiger partial charge in [-0.25, -0.2) is 0 Å². The van der Waals surface area contributed by atoms with Crippen LogP contribution < -0.4 is 0 Å². The number of carbonyl (C=O) groups is 1. The summed E-state index contributed by atoms with van der Waals surface area (Å²) in [4.78, 5) is 10.8. The van der Waals surface area contributed by atoms with E-state index in [-0.39, 0.29) is 12.5 Å². The summed E-state index contributed by atoms with van der Waals surface area (Å²) < 4.78 is 0. The molecule has 1 aliphatic carbocycles. The molecule has 0 aromatic heterocycles. The van der Waals surface area contributed by atoms with Crippen LogP contribution in [0.3, 0.4) is 0 Å². The maximum atomic E-state index is 10.8. The van der Waals surface area contributed by atoms with Gasteiger partial charge in [-0.05, 0) is 36.1 Å². The number of aliphatic hydroxyl groups is 1. The lowest BCUT2D eigenvalue weighted by Crippen LogP contribution is -2.10. The van der Waals surface area contributed by atoms with Crippen molar-refractivity contribution in [1.82, 2.24) is 0 Å². The third-order valence-electron chi connectivity index (χ3n) is 2.93. The molecule has 0 heterocycles. The lowest BCUT2D eigenvalue weighted by molar-refractivity contribution is -0.113. The zero-order valence-electron chi connectivity index (χ0n) is 7.91. The van der Waals surface area contributed by atoms with E-state index in [2.05, 4.69) is 0 Å². The third kappa shape index (κ3) is 1.89. The van der Waals surface area contributed by atoms with Crippen LogP contribution in [0.25, 0.3) is 0 Å². The predicted molar refractivity (Wildman–Crippen MR) is 59.4 cm³/mol. The Hall–Kier alpha value is -0.570. The molecule has 1 aromatic rings. The molecular weight excluding hydrogens is 235 g/mol.